The first-order valence-electron chi connectivity index (χ1n) is 9.72. The van der Waals surface area contributed by atoms with Gasteiger partial charge in [-0.25, -0.2) is 4.79 Å². The van der Waals surface area contributed by atoms with Gasteiger partial charge < -0.3 is 5.11 Å². The molecule has 0 bridgehead atoms. The maximum Gasteiger partial charge on any atom is 0.335 e. The molecule has 148 valence electrons. The van der Waals surface area contributed by atoms with Crippen LogP contribution in [-0.2, 0) is 6.42 Å². The number of carboxylic acids is 1. The Morgan fingerprint density at radius 3 is 2.32 bits per heavy atom. The quantitative estimate of drug-likeness (QED) is 0.755. The van der Waals surface area contributed by atoms with Crippen LogP contribution in [0.5, 0.6) is 0 Å². The van der Waals surface area contributed by atoms with E-state index in [0.29, 0.717) is 11.6 Å². The molecule has 4 nitrogen and oxygen atoms in total. The average molecular weight is 399 g/mol. The summed E-state index contributed by atoms with van der Waals surface area (Å²) >= 11 is 5.92. The van der Waals surface area contributed by atoms with Crippen LogP contribution in [0.2, 0.25) is 5.02 Å². The Balaban J connectivity index is 1.42. The summed E-state index contributed by atoms with van der Waals surface area (Å²) < 4.78 is 0. The molecule has 0 aliphatic carbocycles. The van der Waals surface area contributed by atoms with Gasteiger partial charge in [-0.2, -0.15) is 0 Å². The molecule has 1 atom stereocenters. The number of rotatable bonds is 7. The van der Waals surface area contributed by atoms with E-state index in [4.69, 9.17) is 16.7 Å². The number of nitrogens with zero attached hydrogens (tertiary/aromatic N) is 2. The molecule has 0 radical (unpaired) electrons. The summed E-state index contributed by atoms with van der Waals surface area (Å²) in [6.07, 6.45) is 5.30. The average Bonchev–Trinajstić information content (AvgIpc) is 2.70. The van der Waals surface area contributed by atoms with Crippen LogP contribution in [0.1, 0.15) is 28.4 Å². The van der Waals surface area contributed by atoms with Crippen LogP contribution in [0.15, 0.2) is 54.6 Å². The summed E-state index contributed by atoms with van der Waals surface area (Å²) in [6, 6.07) is 15.6. The third kappa shape index (κ3) is 5.93. The maximum atomic E-state index is 11.0. The molecule has 0 spiro atoms. The molecule has 2 aromatic rings. The molecular formula is C23H27ClN2O2. The Morgan fingerprint density at radius 2 is 1.71 bits per heavy atom. The van der Waals surface area contributed by atoms with Gasteiger partial charge >= 0.3 is 5.97 Å². The van der Waals surface area contributed by atoms with Crippen molar-refractivity contribution in [3.63, 3.8) is 0 Å². The molecule has 0 amide bonds. The lowest BCUT2D eigenvalue weighted by Gasteiger charge is -2.37. The molecule has 1 unspecified atom stereocenters. The SMILES string of the molecule is CC(Cc1ccc(C(=O)O)cc1)N1CCN(CC=Cc2ccc(Cl)cc2)CC1. The summed E-state index contributed by atoms with van der Waals surface area (Å²) in [5, 5.41) is 9.76. The number of benzene rings is 2. The predicted octanol–water partition coefficient (Wildman–Crippen LogP) is 4.30. The van der Waals surface area contributed by atoms with E-state index in [9.17, 15) is 4.79 Å². The highest BCUT2D eigenvalue weighted by molar-refractivity contribution is 6.30. The number of hydrogen-bond acceptors (Lipinski definition) is 3. The molecule has 2 aromatic carbocycles. The van der Waals surface area contributed by atoms with E-state index in [2.05, 4.69) is 28.9 Å². The lowest BCUT2D eigenvalue weighted by molar-refractivity contribution is 0.0697. The summed E-state index contributed by atoms with van der Waals surface area (Å²) in [7, 11) is 0. The number of piperazine rings is 1. The van der Waals surface area contributed by atoms with Gasteiger partial charge in [-0.15, -0.1) is 0 Å². The molecular weight excluding hydrogens is 372 g/mol. The number of carbonyl (C=O) groups is 1. The molecule has 3 rings (SSSR count). The second-order valence-corrected chi connectivity index (χ2v) is 7.78. The van der Waals surface area contributed by atoms with Crippen LogP contribution in [0.4, 0.5) is 0 Å². The van der Waals surface area contributed by atoms with Gasteiger partial charge in [0.2, 0.25) is 0 Å². The van der Waals surface area contributed by atoms with Crippen molar-refractivity contribution in [1.82, 2.24) is 9.80 Å². The van der Waals surface area contributed by atoms with Gasteiger partial charge in [0.25, 0.3) is 0 Å². The van der Waals surface area contributed by atoms with E-state index in [1.807, 2.05) is 36.4 Å². The summed E-state index contributed by atoms with van der Waals surface area (Å²) in [4.78, 5) is 15.9. The Bertz CT molecular complexity index is 794. The second-order valence-electron chi connectivity index (χ2n) is 7.35. The monoisotopic (exact) mass is 398 g/mol. The predicted molar refractivity (Wildman–Crippen MR) is 115 cm³/mol. The number of carboxylic acid groups (broad SMARTS) is 1. The summed E-state index contributed by atoms with van der Waals surface area (Å²) in [5.41, 5.74) is 2.70. The smallest absolute Gasteiger partial charge is 0.335 e. The zero-order valence-corrected chi connectivity index (χ0v) is 17.0. The van der Waals surface area contributed by atoms with Gasteiger partial charge in [-0.1, -0.05) is 48.0 Å². The molecule has 0 saturated carbocycles. The molecule has 0 aromatic heterocycles. The molecule has 1 fully saturated rings. The Kier molecular flexibility index (Phi) is 7.26. The zero-order chi connectivity index (χ0) is 19.9. The van der Waals surface area contributed by atoms with Gasteiger partial charge in [0.1, 0.15) is 0 Å². The van der Waals surface area contributed by atoms with Crippen molar-refractivity contribution in [1.29, 1.82) is 0 Å². The van der Waals surface area contributed by atoms with E-state index >= 15 is 0 Å². The van der Waals surface area contributed by atoms with Crippen molar-refractivity contribution in [3.05, 3.63) is 76.3 Å². The van der Waals surface area contributed by atoms with E-state index in [0.717, 1.165) is 44.2 Å². The highest BCUT2D eigenvalue weighted by Gasteiger charge is 2.20. The van der Waals surface area contributed by atoms with Crippen LogP contribution in [-0.4, -0.2) is 59.6 Å². The Morgan fingerprint density at radius 1 is 1.07 bits per heavy atom. The van der Waals surface area contributed by atoms with Crippen molar-refractivity contribution in [2.45, 2.75) is 19.4 Å². The van der Waals surface area contributed by atoms with E-state index in [1.54, 1.807) is 12.1 Å². The third-order valence-corrected chi connectivity index (χ3v) is 5.56. The third-order valence-electron chi connectivity index (χ3n) is 5.31. The number of aromatic carboxylic acids is 1. The standard InChI is InChI=1S/C23H27ClN2O2/c1-18(17-20-4-8-21(9-5-20)23(27)28)26-15-13-25(14-16-26)12-2-3-19-6-10-22(24)11-7-19/h2-11,18H,12-17H2,1H3,(H,27,28). The number of halogens is 1. The van der Waals surface area contributed by atoms with Crippen molar-refractivity contribution >= 4 is 23.6 Å². The molecule has 1 N–H and O–H groups in total. The lowest BCUT2D eigenvalue weighted by Crippen LogP contribution is -2.50. The van der Waals surface area contributed by atoms with Gasteiger partial charge in [-0.3, -0.25) is 9.80 Å². The van der Waals surface area contributed by atoms with Gasteiger partial charge in [0.05, 0.1) is 5.56 Å². The normalized spacial score (nSPS) is 17.1. The second kappa shape index (κ2) is 9.87. The molecule has 5 heteroatoms. The first-order valence-corrected chi connectivity index (χ1v) is 10.1. The van der Waals surface area contributed by atoms with E-state index in [1.165, 1.54) is 11.1 Å². The van der Waals surface area contributed by atoms with Gasteiger partial charge in [-0.05, 0) is 48.7 Å². The molecule has 1 aliphatic heterocycles. The maximum absolute atomic E-state index is 11.0. The minimum Gasteiger partial charge on any atom is -0.478 e. The minimum atomic E-state index is -0.874. The van der Waals surface area contributed by atoms with Crippen LogP contribution in [0, 0.1) is 0 Å². The summed E-state index contributed by atoms with van der Waals surface area (Å²) in [6.45, 7) is 7.45. The topological polar surface area (TPSA) is 43.8 Å². The first kappa shape index (κ1) is 20.6. The van der Waals surface area contributed by atoms with Crippen molar-refractivity contribution in [2.24, 2.45) is 0 Å². The molecule has 1 heterocycles. The van der Waals surface area contributed by atoms with E-state index in [-0.39, 0.29) is 0 Å². The highest BCUT2D eigenvalue weighted by Crippen LogP contribution is 2.14. The fourth-order valence-corrected chi connectivity index (χ4v) is 3.68. The van der Waals surface area contributed by atoms with Crippen molar-refractivity contribution < 1.29 is 9.90 Å². The van der Waals surface area contributed by atoms with E-state index < -0.39 is 5.97 Å². The van der Waals surface area contributed by atoms with Gasteiger partial charge in [0, 0.05) is 43.8 Å². The van der Waals surface area contributed by atoms with Crippen LogP contribution in [0.25, 0.3) is 6.08 Å². The largest absolute Gasteiger partial charge is 0.478 e. The molecule has 1 saturated heterocycles. The zero-order valence-electron chi connectivity index (χ0n) is 16.2. The fourth-order valence-electron chi connectivity index (χ4n) is 3.55. The van der Waals surface area contributed by atoms with Crippen molar-refractivity contribution in [3.8, 4) is 0 Å². The Labute approximate surface area is 172 Å². The first-order chi connectivity index (χ1) is 13.5. The lowest BCUT2D eigenvalue weighted by atomic mass is 10.0. The highest BCUT2D eigenvalue weighted by atomic mass is 35.5. The van der Waals surface area contributed by atoms with Crippen LogP contribution in [0.3, 0.4) is 0 Å². The molecule has 28 heavy (non-hydrogen) atoms. The fraction of sp³-hybridized carbons (Fsp3) is 0.348. The number of hydrogen-bond donors (Lipinski definition) is 1. The molecule has 1 aliphatic rings. The summed E-state index contributed by atoms with van der Waals surface area (Å²) in [5.74, 6) is -0.874. The Hall–Kier alpha value is -2.14. The van der Waals surface area contributed by atoms with Crippen molar-refractivity contribution in [2.75, 3.05) is 32.7 Å². The minimum absolute atomic E-state index is 0.344. The van der Waals surface area contributed by atoms with Crippen LogP contribution >= 0.6 is 11.6 Å². The van der Waals surface area contributed by atoms with Gasteiger partial charge in [0.15, 0.2) is 0 Å². The van der Waals surface area contributed by atoms with Crippen LogP contribution < -0.4 is 0 Å².